The van der Waals surface area contributed by atoms with Gasteiger partial charge in [0, 0.05) is 12.2 Å². The molecule has 0 saturated carbocycles. The number of rotatable bonds is 3. The van der Waals surface area contributed by atoms with Gasteiger partial charge in [0.25, 0.3) is 0 Å². The summed E-state index contributed by atoms with van der Waals surface area (Å²) < 4.78 is 0. The van der Waals surface area contributed by atoms with Crippen LogP contribution in [0.4, 0.5) is 5.69 Å². The summed E-state index contributed by atoms with van der Waals surface area (Å²) >= 11 is 0. The molecule has 1 aliphatic carbocycles. The summed E-state index contributed by atoms with van der Waals surface area (Å²) in [7, 11) is 0. The minimum atomic E-state index is 0.816. The first-order valence-electron chi connectivity index (χ1n) is 5.80. The minimum absolute atomic E-state index is 0.816. The number of anilines is 1. The van der Waals surface area contributed by atoms with Crippen molar-refractivity contribution in [2.45, 2.75) is 26.2 Å². The molecule has 0 spiro atoms. The van der Waals surface area contributed by atoms with Gasteiger partial charge < -0.3 is 5.32 Å². The van der Waals surface area contributed by atoms with Crippen molar-refractivity contribution < 1.29 is 0 Å². The van der Waals surface area contributed by atoms with E-state index in [1.807, 2.05) is 0 Å². The third kappa shape index (κ3) is 3.12. The fraction of sp³-hybridized carbons (Fsp3) is 0.429. The largest absolute Gasteiger partial charge is 0.385 e. The van der Waals surface area contributed by atoms with Crippen LogP contribution in [0.15, 0.2) is 36.4 Å². The zero-order chi connectivity index (χ0) is 10.5. The second-order valence-electron chi connectivity index (χ2n) is 4.40. The molecular weight excluding hydrogens is 182 g/mol. The topological polar surface area (TPSA) is 12.0 Å². The molecule has 1 nitrogen and oxygen atoms in total. The molecule has 2 rings (SSSR count). The molecule has 0 amide bonds. The fourth-order valence-corrected chi connectivity index (χ4v) is 1.98. The van der Waals surface area contributed by atoms with E-state index in [2.05, 4.69) is 48.7 Å². The number of nitrogens with one attached hydrogen (secondary N) is 1. The van der Waals surface area contributed by atoms with Crippen molar-refractivity contribution in [3.63, 3.8) is 0 Å². The normalized spacial score (nSPS) is 20.2. The van der Waals surface area contributed by atoms with Gasteiger partial charge in [-0.2, -0.15) is 0 Å². The van der Waals surface area contributed by atoms with Gasteiger partial charge in [-0.1, -0.05) is 29.8 Å². The van der Waals surface area contributed by atoms with Crippen LogP contribution < -0.4 is 5.32 Å². The Morgan fingerprint density at radius 2 is 2.00 bits per heavy atom. The zero-order valence-corrected chi connectivity index (χ0v) is 9.37. The first-order valence-corrected chi connectivity index (χ1v) is 5.80. The Bertz CT molecular complexity index is 324. The molecule has 0 fully saturated rings. The Morgan fingerprint density at radius 1 is 1.20 bits per heavy atom. The van der Waals surface area contributed by atoms with Crippen molar-refractivity contribution in [3.8, 4) is 0 Å². The fourth-order valence-electron chi connectivity index (χ4n) is 1.98. The summed E-state index contributed by atoms with van der Waals surface area (Å²) in [5, 5.41) is 3.51. The van der Waals surface area contributed by atoms with Crippen LogP contribution in [0.5, 0.6) is 0 Å². The van der Waals surface area contributed by atoms with Crippen LogP contribution in [-0.4, -0.2) is 6.54 Å². The van der Waals surface area contributed by atoms with Gasteiger partial charge in [0.15, 0.2) is 0 Å². The Morgan fingerprint density at radius 3 is 2.67 bits per heavy atom. The monoisotopic (exact) mass is 201 g/mol. The summed E-state index contributed by atoms with van der Waals surface area (Å²) in [6.07, 6.45) is 8.42. The van der Waals surface area contributed by atoms with Crippen LogP contribution in [0.1, 0.15) is 24.8 Å². The van der Waals surface area contributed by atoms with Gasteiger partial charge in [-0.3, -0.25) is 0 Å². The van der Waals surface area contributed by atoms with Gasteiger partial charge >= 0.3 is 0 Å². The van der Waals surface area contributed by atoms with E-state index in [-0.39, 0.29) is 0 Å². The molecule has 1 aromatic carbocycles. The number of hydrogen-bond acceptors (Lipinski definition) is 1. The van der Waals surface area contributed by atoms with Gasteiger partial charge in [0.2, 0.25) is 0 Å². The summed E-state index contributed by atoms with van der Waals surface area (Å²) in [6.45, 7) is 3.23. The molecule has 0 bridgehead atoms. The van der Waals surface area contributed by atoms with E-state index >= 15 is 0 Å². The maximum Gasteiger partial charge on any atom is 0.0340 e. The SMILES string of the molecule is Cc1ccc(NCC2CC=CCC2)cc1. The predicted molar refractivity (Wildman–Crippen MR) is 66.1 cm³/mol. The maximum absolute atomic E-state index is 3.51. The second kappa shape index (κ2) is 5.01. The van der Waals surface area contributed by atoms with Crippen molar-refractivity contribution in [2.75, 3.05) is 11.9 Å². The lowest BCUT2D eigenvalue weighted by Crippen LogP contribution is -2.15. The highest BCUT2D eigenvalue weighted by atomic mass is 14.9. The van der Waals surface area contributed by atoms with Crippen molar-refractivity contribution in [2.24, 2.45) is 5.92 Å². The smallest absolute Gasteiger partial charge is 0.0340 e. The number of benzene rings is 1. The molecule has 1 N–H and O–H groups in total. The Hall–Kier alpha value is -1.24. The molecule has 0 heterocycles. The molecule has 1 aromatic rings. The molecule has 0 aromatic heterocycles. The Labute approximate surface area is 92.2 Å². The first-order chi connectivity index (χ1) is 7.34. The molecule has 1 atom stereocenters. The third-order valence-corrected chi connectivity index (χ3v) is 3.02. The molecule has 1 aliphatic rings. The van der Waals surface area contributed by atoms with Crippen molar-refractivity contribution >= 4 is 5.69 Å². The van der Waals surface area contributed by atoms with E-state index in [9.17, 15) is 0 Å². The minimum Gasteiger partial charge on any atom is -0.385 e. The highest BCUT2D eigenvalue weighted by molar-refractivity contribution is 5.44. The van der Waals surface area contributed by atoms with E-state index in [0.29, 0.717) is 0 Å². The number of hydrogen-bond donors (Lipinski definition) is 1. The van der Waals surface area contributed by atoms with Crippen LogP contribution in [-0.2, 0) is 0 Å². The highest BCUT2D eigenvalue weighted by Crippen LogP contribution is 2.19. The lowest BCUT2D eigenvalue weighted by molar-refractivity contribution is 0.504. The summed E-state index contributed by atoms with van der Waals surface area (Å²) in [5.41, 5.74) is 2.57. The molecular formula is C14H19N. The third-order valence-electron chi connectivity index (χ3n) is 3.02. The van der Waals surface area contributed by atoms with Gasteiger partial charge in [-0.15, -0.1) is 0 Å². The molecule has 0 radical (unpaired) electrons. The van der Waals surface area contributed by atoms with E-state index in [1.165, 1.54) is 30.5 Å². The van der Waals surface area contributed by atoms with Gasteiger partial charge in [0.05, 0.1) is 0 Å². The van der Waals surface area contributed by atoms with Crippen LogP contribution >= 0.6 is 0 Å². The van der Waals surface area contributed by atoms with Gasteiger partial charge in [-0.05, 0) is 44.2 Å². The molecule has 15 heavy (non-hydrogen) atoms. The molecule has 0 aliphatic heterocycles. The standard InChI is InChI=1S/C14H19N/c1-12-7-9-14(10-8-12)15-11-13-5-3-2-4-6-13/h2-3,7-10,13,15H,4-6,11H2,1H3. The molecule has 0 saturated heterocycles. The van der Waals surface area contributed by atoms with Crippen LogP contribution in [0.25, 0.3) is 0 Å². The van der Waals surface area contributed by atoms with E-state index in [0.717, 1.165) is 12.5 Å². The summed E-state index contributed by atoms with van der Waals surface area (Å²) in [4.78, 5) is 0. The van der Waals surface area contributed by atoms with Gasteiger partial charge in [-0.25, -0.2) is 0 Å². The van der Waals surface area contributed by atoms with Crippen molar-refractivity contribution in [3.05, 3.63) is 42.0 Å². The van der Waals surface area contributed by atoms with Crippen molar-refractivity contribution in [1.29, 1.82) is 0 Å². The summed E-state index contributed by atoms with van der Waals surface area (Å²) in [5.74, 6) is 0.816. The average molecular weight is 201 g/mol. The van der Waals surface area contributed by atoms with E-state index < -0.39 is 0 Å². The van der Waals surface area contributed by atoms with Gasteiger partial charge in [0.1, 0.15) is 0 Å². The predicted octanol–water partition coefficient (Wildman–Crippen LogP) is 3.76. The Balaban J connectivity index is 1.82. The van der Waals surface area contributed by atoms with E-state index in [1.54, 1.807) is 0 Å². The average Bonchev–Trinajstić information content (AvgIpc) is 2.30. The lowest BCUT2D eigenvalue weighted by Gasteiger charge is -2.18. The van der Waals surface area contributed by atoms with Crippen LogP contribution in [0, 0.1) is 12.8 Å². The molecule has 1 heteroatoms. The Kier molecular flexibility index (Phi) is 3.44. The van der Waals surface area contributed by atoms with Crippen LogP contribution in [0.2, 0.25) is 0 Å². The van der Waals surface area contributed by atoms with Crippen LogP contribution in [0.3, 0.4) is 0 Å². The number of aryl methyl sites for hydroxylation is 1. The first kappa shape index (κ1) is 10.3. The highest BCUT2D eigenvalue weighted by Gasteiger charge is 2.08. The van der Waals surface area contributed by atoms with Crippen molar-refractivity contribution in [1.82, 2.24) is 0 Å². The second-order valence-corrected chi connectivity index (χ2v) is 4.40. The molecule has 80 valence electrons. The lowest BCUT2D eigenvalue weighted by atomic mass is 9.94. The molecule has 1 unspecified atom stereocenters. The number of allylic oxidation sites excluding steroid dienone is 2. The zero-order valence-electron chi connectivity index (χ0n) is 9.37. The maximum atomic E-state index is 3.51. The van der Waals surface area contributed by atoms with E-state index in [4.69, 9.17) is 0 Å². The summed E-state index contributed by atoms with van der Waals surface area (Å²) in [6, 6.07) is 8.63. The quantitative estimate of drug-likeness (QED) is 0.734.